The Morgan fingerprint density at radius 1 is 1.37 bits per heavy atom. The zero-order valence-electron chi connectivity index (χ0n) is 10.9. The third kappa shape index (κ3) is 4.39. The fourth-order valence-corrected chi connectivity index (χ4v) is 2.30. The predicted octanol–water partition coefficient (Wildman–Crippen LogP) is 2.35. The summed E-state index contributed by atoms with van der Waals surface area (Å²) in [7, 11) is 0. The van der Waals surface area contributed by atoms with Crippen molar-refractivity contribution >= 4 is 17.3 Å². The fourth-order valence-electron chi connectivity index (χ4n) is 2.08. The van der Waals surface area contributed by atoms with Gasteiger partial charge in [0.05, 0.1) is 23.8 Å². The molecule has 0 atom stereocenters. The van der Waals surface area contributed by atoms with Gasteiger partial charge in [-0.15, -0.1) is 0 Å². The smallest absolute Gasteiger partial charge is 0.101 e. The van der Waals surface area contributed by atoms with Crippen molar-refractivity contribution in [2.24, 2.45) is 0 Å². The molecule has 0 aromatic heterocycles. The lowest BCUT2D eigenvalue weighted by atomic mass is 10.2. The second kappa shape index (κ2) is 7.34. The Kier molecular flexibility index (Phi) is 5.46. The highest BCUT2D eigenvalue weighted by Gasteiger charge is 2.09. The minimum atomic E-state index is 0.501. The van der Waals surface area contributed by atoms with Crippen LogP contribution in [-0.2, 0) is 4.74 Å². The molecule has 0 bridgehead atoms. The number of nitrogens with zero attached hydrogens (tertiary/aromatic N) is 2. The standard InChI is InChI=1S/C14H18ClN3O/c15-14-10-13(3-2-12(14)11-16)17-4-1-5-18-6-8-19-9-7-18/h2-3,10,17H,1,4-9H2. The highest BCUT2D eigenvalue weighted by Crippen LogP contribution is 2.20. The SMILES string of the molecule is N#Cc1ccc(NCCCN2CCOCC2)cc1Cl. The molecule has 0 amide bonds. The van der Waals surface area contributed by atoms with Crippen molar-refractivity contribution in [1.29, 1.82) is 5.26 Å². The molecule has 0 spiro atoms. The molecule has 1 fully saturated rings. The zero-order valence-corrected chi connectivity index (χ0v) is 11.6. The molecule has 1 aromatic carbocycles. The van der Waals surface area contributed by atoms with E-state index in [0.717, 1.165) is 51.5 Å². The number of rotatable bonds is 5. The first-order valence-electron chi connectivity index (χ1n) is 6.53. The Morgan fingerprint density at radius 2 is 2.16 bits per heavy atom. The van der Waals surface area contributed by atoms with Gasteiger partial charge in [0, 0.05) is 25.3 Å². The molecule has 19 heavy (non-hydrogen) atoms. The van der Waals surface area contributed by atoms with Gasteiger partial charge < -0.3 is 10.1 Å². The Morgan fingerprint density at radius 3 is 2.84 bits per heavy atom. The highest BCUT2D eigenvalue weighted by molar-refractivity contribution is 6.32. The van der Waals surface area contributed by atoms with Crippen molar-refractivity contribution in [3.63, 3.8) is 0 Å². The summed E-state index contributed by atoms with van der Waals surface area (Å²) >= 11 is 5.98. The quantitative estimate of drug-likeness (QED) is 0.841. The maximum atomic E-state index is 8.80. The van der Waals surface area contributed by atoms with Crippen LogP contribution in [0.2, 0.25) is 5.02 Å². The number of morpholine rings is 1. The van der Waals surface area contributed by atoms with Crippen molar-refractivity contribution in [3.05, 3.63) is 28.8 Å². The number of benzene rings is 1. The zero-order chi connectivity index (χ0) is 13.5. The first-order chi connectivity index (χ1) is 9.29. The van der Waals surface area contributed by atoms with E-state index in [-0.39, 0.29) is 0 Å². The monoisotopic (exact) mass is 279 g/mol. The summed E-state index contributed by atoms with van der Waals surface area (Å²) in [5.41, 5.74) is 1.48. The van der Waals surface area contributed by atoms with E-state index >= 15 is 0 Å². The van der Waals surface area contributed by atoms with Crippen LogP contribution >= 0.6 is 11.6 Å². The number of anilines is 1. The van der Waals surface area contributed by atoms with Gasteiger partial charge in [-0.05, 0) is 31.2 Å². The van der Waals surface area contributed by atoms with Gasteiger partial charge in [-0.3, -0.25) is 4.90 Å². The molecule has 1 aromatic rings. The summed E-state index contributed by atoms with van der Waals surface area (Å²) in [6, 6.07) is 7.49. The van der Waals surface area contributed by atoms with Crippen molar-refractivity contribution in [3.8, 4) is 6.07 Å². The van der Waals surface area contributed by atoms with E-state index in [2.05, 4.69) is 16.3 Å². The molecule has 0 saturated carbocycles. The van der Waals surface area contributed by atoms with Gasteiger partial charge in [-0.1, -0.05) is 11.6 Å². The maximum absolute atomic E-state index is 8.80. The van der Waals surface area contributed by atoms with Crippen LogP contribution in [0.4, 0.5) is 5.69 Å². The minimum absolute atomic E-state index is 0.501. The average molecular weight is 280 g/mol. The van der Waals surface area contributed by atoms with E-state index in [4.69, 9.17) is 21.6 Å². The number of nitriles is 1. The topological polar surface area (TPSA) is 48.3 Å². The first kappa shape index (κ1) is 14.1. The van der Waals surface area contributed by atoms with E-state index in [9.17, 15) is 0 Å². The number of hydrogen-bond donors (Lipinski definition) is 1. The lowest BCUT2D eigenvalue weighted by Crippen LogP contribution is -2.37. The maximum Gasteiger partial charge on any atom is 0.101 e. The Balaban J connectivity index is 1.70. The molecule has 1 N–H and O–H groups in total. The molecule has 2 rings (SSSR count). The molecule has 0 radical (unpaired) electrons. The van der Waals surface area contributed by atoms with Gasteiger partial charge in [0.25, 0.3) is 0 Å². The summed E-state index contributed by atoms with van der Waals surface area (Å²) in [5.74, 6) is 0. The minimum Gasteiger partial charge on any atom is -0.385 e. The van der Waals surface area contributed by atoms with Gasteiger partial charge in [0.2, 0.25) is 0 Å². The van der Waals surface area contributed by atoms with Crippen molar-refractivity contribution in [2.75, 3.05) is 44.7 Å². The van der Waals surface area contributed by atoms with E-state index in [1.165, 1.54) is 0 Å². The summed E-state index contributed by atoms with van der Waals surface area (Å²) in [6.07, 6.45) is 1.08. The molecule has 1 heterocycles. The van der Waals surface area contributed by atoms with Gasteiger partial charge in [0.15, 0.2) is 0 Å². The number of halogens is 1. The summed E-state index contributed by atoms with van der Waals surface area (Å²) in [5, 5.41) is 12.6. The summed E-state index contributed by atoms with van der Waals surface area (Å²) < 4.78 is 5.31. The lowest BCUT2D eigenvalue weighted by molar-refractivity contribution is 0.0378. The largest absolute Gasteiger partial charge is 0.385 e. The van der Waals surface area contributed by atoms with Crippen LogP contribution in [0.5, 0.6) is 0 Å². The molecule has 102 valence electrons. The van der Waals surface area contributed by atoms with Crippen LogP contribution in [0.25, 0.3) is 0 Å². The van der Waals surface area contributed by atoms with Crippen molar-refractivity contribution in [2.45, 2.75) is 6.42 Å². The number of ether oxygens (including phenoxy) is 1. The Hall–Kier alpha value is -1.28. The van der Waals surface area contributed by atoms with Crippen molar-refractivity contribution in [1.82, 2.24) is 4.90 Å². The van der Waals surface area contributed by atoms with E-state index in [1.807, 2.05) is 6.07 Å². The average Bonchev–Trinajstić information content (AvgIpc) is 2.45. The van der Waals surface area contributed by atoms with Crippen LogP contribution in [-0.4, -0.2) is 44.3 Å². The number of nitrogens with one attached hydrogen (secondary N) is 1. The molecule has 4 nitrogen and oxygen atoms in total. The summed E-state index contributed by atoms with van der Waals surface area (Å²) in [4.78, 5) is 2.41. The second-order valence-corrected chi connectivity index (χ2v) is 4.95. The molecule has 5 heteroatoms. The van der Waals surface area contributed by atoms with E-state index in [1.54, 1.807) is 12.1 Å². The summed E-state index contributed by atoms with van der Waals surface area (Å²) in [6.45, 7) is 5.74. The molecule has 1 aliphatic heterocycles. The molecule has 1 saturated heterocycles. The molecule has 0 aliphatic carbocycles. The third-order valence-electron chi connectivity index (χ3n) is 3.17. The lowest BCUT2D eigenvalue weighted by Gasteiger charge is -2.26. The van der Waals surface area contributed by atoms with Crippen molar-refractivity contribution < 1.29 is 4.74 Å². The van der Waals surface area contributed by atoms with Crippen LogP contribution in [0, 0.1) is 11.3 Å². The first-order valence-corrected chi connectivity index (χ1v) is 6.91. The van der Waals surface area contributed by atoms with Gasteiger partial charge in [0.1, 0.15) is 6.07 Å². The molecule has 1 aliphatic rings. The highest BCUT2D eigenvalue weighted by atomic mass is 35.5. The fraction of sp³-hybridized carbons (Fsp3) is 0.500. The molecular formula is C14H18ClN3O. The molecular weight excluding hydrogens is 262 g/mol. The van der Waals surface area contributed by atoms with E-state index < -0.39 is 0 Å². The van der Waals surface area contributed by atoms with Gasteiger partial charge in [-0.25, -0.2) is 0 Å². The van der Waals surface area contributed by atoms with Crippen LogP contribution in [0.15, 0.2) is 18.2 Å². The third-order valence-corrected chi connectivity index (χ3v) is 3.49. The van der Waals surface area contributed by atoms with Gasteiger partial charge in [-0.2, -0.15) is 5.26 Å². The Bertz CT molecular complexity index is 452. The molecule has 0 unspecified atom stereocenters. The van der Waals surface area contributed by atoms with Crippen LogP contribution in [0.3, 0.4) is 0 Å². The normalized spacial score (nSPS) is 16.0. The predicted molar refractivity (Wildman–Crippen MR) is 76.5 cm³/mol. The van der Waals surface area contributed by atoms with E-state index in [0.29, 0.717) is 10.6 Å². The number of hydrogen-bond acceptors (Lipinski definition) is 4. The Labute approximate surface area is 118 Å². The van der Waals surface area contributed by atoms with Gasteiger partial charge >= 0.3 is 0 Å². The van der Waals surface area contributed by atoms with Crippen LogP contribution < -0.4 is 5.32 Å². The van der Waals surface area contributed by atoms with Crippen LogP contribution in [0.1, 0.15) is 12.0 Å². The second-order valence-electron chi connectivity index (χ2n) is 4.54.